The van der Waals surface area contributed by atoms with Crippen LogP contribution in [-0.2, 0) is 14.8 Å². The monoisotopic (exact) mass is 420 g/mol. The molecule has 2 aromatic carbocycles. The number of rotatable bonds is 7. The molecule has 2 aromatic rings. The lowest BCUT2D eigenvalue weighted by molar-refractivity contribution is -0.122. The summed E-state index contributed by atoms with van der Waals surface area (Å²) in [6.07, 6.45) is 0.690. The zero-order valence-electron chi connectivity index (χ0n) is 16.5. The smallest absolute Gasteiger partial charge is 0.243 e. The summed E-state index contributed by atoms with van der Waals surface area (Å²) < 4.78 is 42.4. The fourth-order valence-electron chi connectivity index (χ4n) is 3.08. The molecule has 0 spiro atoms. The number of nitrogens with zero attached hydrogens (tertiary/aromatic N) is 1. The van der Waals surface area contributed by atoms with Crippen molar-refractivity contribution in [2.45, 2.75) is 19.1 Å². The summed E-state index contributed by atoms with van der Waals surface area (Å²) in [5, 5.41) is 2.75. The summed E-state index contributed by atoms with van der Waals surface area (Å²) in [7, 11) is -2.22. The van der Waals surface area contributed by atoms with E-state index in [0.717, 1.165) is 10.6 Å². The zero-order chi connectivity index (χ0) is 21.0. The van der Waals surface area contributed by atoms with E-state index in [-0.39, 0.29) is 19.3 Å². The number of carbonyl (C=O) groups excluding carboxylic acids is 1. The second-order valence-electron chi connectivity index (χ2n) is 6.68. The average molecular weight is 420 g/mol. The maximum Gasteiger partial charge on any atom is 0.243 e. The maximum atomic E-state index is 12.7. The fraction of sp³-hybridized carbons (Fsp3) is 0.350. The van der Waals surface area contributed by atoms with E-state index in [1.54, 1.807) is 30.3 Å². The Labute approximate surface area is 170 Å². The van der Waals surface area contributed by atoms with Crippen LogP contribution in [0.2, 0.25) is 0 Å². The molecule has 0 fully saturated rings. The molecule has 2 unspecified atom stereocenters. The van der Waals surface area contributed by atoms with Crippen molar-refractivity contribution >= 4 is 21.6 Å². The summed E-state index contributed by atoms with van der Waals surface area (Å²) in [6, 6.07) is 12.9. The van der Waals surface area contributed by atoms with Gasteiger partial charge in [0, 0.05) is 6.07 Å². The summed E-state index contributed by atoms with van der Waals surface area (Å²) in [5.74, 6) is 1.32. The van der Waals surface area contributed by atoms with Crippen LogP contribution >= 0.6 is 0 Å². The molecule has 1 amide bonds. The van der Waals surface area contributed by atoms with Crippen LogP contribution in [0.15, 0.2) is 48.5 Å². The van der Waals surface area contributed by atoms with Crippen LogP contribution in [0.5, 0.6) is 17.2 Å². The van der Waals surface area contributed by atoms with E-state index in [9.17, 15) is 13.2 Å². The van der Waals surface area contributed by atoms with E-state index in [2.05, 4.69) is 5.32 Å². The normalized spacial score (nSPS) is 16.6. The molecule has 0 aliphatic carbocycles. The third-order valence-electron chi connectivity index (χ3n) is 4.47. The quantitative estimate of drug-likeness (QED) is 0.734. The van der Waals surface area contributed by atoms with Gasteiger partial charge in [-0.15, -0.1) is 0 Å². The van der Waals surface area contributed by atoms with Gasteiger partial charge in [0.25, 0.3) is 0 Å². The highest BCUT2D eigenvalue weighted by Crippen LogP contribution is 2.30. The van der Waals surface area contributed by atoms with Gasteiger partial charge < -0.3 is 19.5 Å². The number of nitrogens with one attached hydrogen (secondary N) is 1. The van der Waals surface area contributed by atoms with Gasteiger partial charge in [-0.05, 0) is 31.2 Å². The summed E-state index contributed by atoms with van der Waals surface area (Å²) >= 11 is 0. The molecule has 8 nitrogen and oxygen atoms in total. The van der Waals surface area contributed by atoms with Crippen molar-refractivity contribution in [1.29, 1.82) is 0 Å². The molecule has 1 heterocycles. The molecule has 0 radical (unpaired) electrons. The van der Waals surface area contributed by atoms with Gasteiger partial charge in [-0.2, -0.15) is 0 Å². The molecule has 0 saturated heterocycles. The largest absolute Gasteiger partial charge is 0.497 e. The highest BCUT2D eigenvalue weighted by atomic mass is 32.2. The molecule has 29 heavy (non-hydrogen) atoms. The summed E-state index contributed by atoms with van der Waals surface area (Å²) in [6.45, 7) is 2.01. The Bertz CT molecular complexity index is 978. The number of hydrogen-bond acceptors (Lipinski definition) is 6. The second-order valence-corrected chi connectivity index (χ2v) is 8.54. The number of para-hydroxylation sites is 2. The Morgan fingerprint density at radius 3 is 2.66 bits per heavy atom. The molecule has 156 valence electrons. The lowest BCUT2D eigenvalue weighted by Gasteiger charge is -2.30. The van der Waals surface area contributed by atoms with Gasteiger partial charge in [0.2, 0.25) is 15.9 Å². The van der Waals surface area contributed by atoms with Crippen LogP contribution in [0, 0.1) is 0 Å². The van der Waals surface area contributed by atoms with Gasteiger partial charge >= 0.3 is 0 Å². The minimum absolute atomic E-state index is 0.188. The molecule has 2 atom stereocenters. The van der Waals surface area contributed by atoms with Gasteiger partial charge in [-0.1, -0.05) is 18.2 Å². The zero-order valence-corrected chi connectivity index (χ0v) is 17.3. The lowest BCUT2D eigenvalue weighted by atomic mass is 10.2. The molecule has 3 rings (SSSR count). The van der Waals surface area contributed by atoms with Gasteiger partial charge in [0.15, 0.2) is 11.5 Å². The third kappa shape index (κ3) is 4.92. The Kier molecular flexibility index (Phi) is 6.17. The highest BCUT2D eigenvalue weighted by molar-refractivity contribution is 7.92. The molecular formula is C20H24N2O6S. The van der Waals surface area contributed by atoms with Crippen molar-refractivity contribution in [3.05, 3.63) is 48.5 Å². The first-order chi connectivity index (χ1) is 13.8. The second kappa shape index (κ2) is 8.60. The summed E-state index contributed by atoms with van der Waals surface area (Å²) in [4.78, 5) is 12.7. The first-order valence-electron chi connectivity index (χ1n) is 9.09. The number of carbonyl (C=O) groups is 1. The Balaban J connectivity index is 1.68. The van der Waals surface area contributed by atoms with Crippen LogP contribution < -0.4 is 23.8 Å². The van der Waals surface area contributed by atoms with E-state index in [4.69, 9.17) is 14.2 Å². The average Bonchev–Trinajstić information content (AvgIpc) is 2.71. The van der Waals surface area contributed by atoms with E-state index in [0.29, 0.717) is 22.9 Å². The van der Waals surface area contributed by atoms with Crippen LogP contribution in [0.3, 0.4) is 0 Å². The maximum absolute atomic E-state index is 12.7. The number of benzene rings is 2. The van der Waals surface area contributed by atoms with Crippen molar-refractivity contribution in [3.8, 4) is 17.2 Å². The Morgan fingerprint density at radius 1 is 1.24 bits per heavy atom. The van der Waals surface area contributed by atoms with E-state index >= 15 is 0 Å². The minimum atomic E-state index is -3.71. The first-order valence-corrected chi connectivity index (χ1v) is 10.9. The molecule has 9 heteroatoms. The first kappa shape index (κ1) is 20.8. The lowest BCUT2D eigenvalue weighted by Crippen LogP contribution is -2.50. The van der Waals surface area contributed by atoms with E-state index in [1.165, 1.54) is 14.0 Å². The van der Waals surface area contributed by atoms with Gasteiger partial charge in [-0.3, -0.25) is 9.10 Å². The number of fused-ring (bicyclic) bond motifs is 1. The van der Waals surface area contributed by atoms with Crippen LogP contribution in [0.1, 0.15) is 6.92 Å². The number of sulfonamides is 1. The van der Waals surface area contributed by atoms with Gasteiger partial charge in [-0.25, -0.2) is 8.42 Å². The fourth-order valence-corrected chi connectivity index (χ4v) is 4.25. The highest BCUT2D eigenvalue weighted by Gasteiger charge is 2.30. The van der Waals surface area contributed by atoms with Crippen molar-refractivity contribution < 1.29 is 27.4 Å². The molecule has 0 bridgehead atoms. The number of anilines is 1. The van der Waals surface area contributed by atoms with Gasteiger partial charge in [0.1, 0.15) is 24.5 Å². The number of amides is 1. The molecule has 0 aromatic heterocycles. The Morgan fingerprint density at radius 2 is 1.97 bits per heavy atom. The minimum Gasteiger partial charge on any atom is -0.497 e. The topological polar surface area (TPSA) is 94.2 Å². The van der Waals surface area contributed by atoms with E-state index in [1.807, 2.05) is 18.2 Å². The summed E-state index contributed by atoms with van der Waals surface area (Å²) in [5.41, 5.74) is 0.348. The van der Waals surface area contributed by atoms with Crippen LogP contribution in [-0.4, -0.2) is 53.0 Å². The van der Waals surface area contributed by atoms with Crippen molar-refractivity contribution in [2.75, 3.05) is 30.8 Å². The third-order valence-corrected chi connectivity index (χ3v) is 5.71. The van der Waals surface area contributed by atoms with Gasteiger partial charge in [0.05, 0.1) is 25.6 Å². The van der Waals surface area contributed by atoms with Crippen molar-refractivity contribution in [1.82, 2.24) is 5.32 Å². The number of ether oxygens (including phenoxy) is 3. The van der Waals surface area contributed by atoms with Crippen LogP contribution in [0.4, 0.5) is 5.69 Å². The Hall–Kier alpha value is -2.94. The SMILES string of the molecule is COc1cccc(N(C(C)C(=O)NCC2COc3ccccc3O2)S(C)(=O)=O)c1. The number of hydrogen-bond donors (Lipinski definition) is 1. The van der Waals surface area contributed by atoms with E-state index < -0.39 is 22.0 Å². The standard InChI is InChI=1S/C20H24N2O6S/c1-14(22(29(3,24)25)15-7-6-8-16(11-15)26-2)20(23)21-12-17-13-27-18-9-4-5-10-19(18)28-17/h4-11,14,17H,12-13H2,1-3H3,(H,21,23). The predicted molar refractivity (Wildman–Crippen MR) is 109 cm³/mol. The molecule has 1 N–H and O–H groups in total. The molecule has 1 aliphatic heterocycles. The van der Waals surface area contributed by atoms with Crippen molar-refractivity contribution in [2.24, 2.45) is 0 Å². The predicted octanol–water partition coefficient (Wildman–Crippen LogP) is 1.81. The molecule has 0 saturated carbocycles. The van der Waals surface area contributed by atoms with Crippen LogP contribution in [0.25, 0.3) is 0 Å². The molecule has 1 aliphatic rings. The van der Waals surface area contributed by atoms with Crippen molar-refractivity contribution in [3.63, 3.8) is 0 Å². The number of methoxy groups -OCH3 is 1. The molecular weight excluding hydrogens is 396 g/mol.